The van der Waals surface area contributed by atoms with E-state index in [-0.39, 0.29) is 37.2 Å². The fourth-order valence-corrected chi connectivity index (χ4v) is 5.65. The average molecular weight is 654 g/mol. The topological polar surface area (TPSA) is 101 Å². The average Bonchev–Trinajstić information content (AvgIpc) is 3.64. The largest absolute Gasteiger partial charge is 0.507 e. The third kappa shape index (κ3) is 7.07. The van der Waals surface area contributed by atoms with E-state index in [4.69, 9.17) is 0 Å². The van der Waals surface area contributed by atoms with E-state index in [0.29, 0.717) is 24.7 Å². The number of amides is 1. The second-order valence-electron chi connectivity index (χ2n) is 11.4. The van der Waals surface area contributed by atoms with E-state index < -0.39 is 40.5 Å². The van der Waals surface area contributed by atoms with Crippen molar-refractivity contribution >= 4 is 23.1 Å². The Bertz CT molecular complexity index is 2010. The van der Waals surface area contributed by atoms with Crippen LogP contribution in [0, 0.1) is 17.5 Å². The highest BCUT2D eigenvalue weighted by Gasteiger charge is 2.26. The first-order valence-corrected chi connectivity index (χ1v) is 15.2. The van der Waals surface area contributed by atoms with Gasteiger partial charge in [-0.05, 0) is 71.6 Å². The first-order chi connectivity index (χ1) is 23.2. The molecule has 1 aliphatic rings. The van der Waals surface area contributed by atoms with Crippen LogP contribution >= 0.6 is 0 Å². The Kier molecular flexibility index (Phi) is 9.24. The first kappa shape index (κ1) is 32.0. The van der Waals surface area contributed by atoms with Gasteiger partial charge in [-0.2, -0.15) is 5.10 Å². The van der Waals surface area contributed by atoms with Crippen molar-refractivity contribution in [2.45, 2.75) is 13.0 Å². The number of anilines is 1. The molecule has 0 unspecified atom stereocenters. The number of rotatable bonds is 9. The number of aliphatic hydroxyl groups is 1. The summed E-state index contributed by atoms with van der Waals surface area (Å²) in [6.45, 7) is 1.58. The number of halogens is 3. The number of carbonyl (C=O) groups is 2. The third-order valence-electron chi connectivity index (χ3n) is 8.10. The number of aliphatic hydroxyl groups excluding tert-OH is 1. The molecule has 0 bridgehead atoms. The van der Waals surface area contributed by atoms with Crippen molar-refractivity contribution in [3.63, 3.8) is 0 Å². The van der Waals surface area contributed by atoms with Gasteiger partial charge in [-0.1, -0.05) is 30.3 Å². The minimum absolute atomic E-state index is 0.0864. The summed E-state index contributed by atoms with van der Waals surface area (Å²) in [7, 11) is 0. The minimum atomic E-state index is -1.60. The molecule has 1 N–H and O–H groups in total. The fourth-order valence-electron chi connectivity index (χ4n) is 5.65. The first-order valence-electron chi connectivity index (χ1n) is 15.2. The van der Waals surface area contributed by atoms with Crippen molar-refractivity contribution in [3.05, 3.63) is 154 Å². The van der Waals surface area contributed by atoms with E-state index in [9.17, 15) is 32.7 Å². The van der Waals surface area contributed by atoms with Crippen molar-refractivity contribution in [3.8, 4) is 5.69 Å². The Labute approximate surface area is 273 Å². The lowest BCUT2D eigenvalue weighted by molar-refractivity contribution is -0.142. The summed E-state index contributed by atoms with van der Waals surface area (Å²) in [6.07, 6.45) is 5.60. The number of pyridine rings is 1. The van der Waals surface area contributed by atoms with Gasteiger partial charge in [-0.15, -0.1) is 0 Å². The highest BCUT2D eigenvalue weighted by atomic mass is 19.2. The van der Waals surface area contributed by atoms with Crippen molar-refractivity contribution < 1.29 is 27.9 Å². The summed E-state index contributed by atoms with van der Waals surface area (Å²) in [4.78, 5) is 43.0. The van der Waals surface area contributed by atoms with Crippen LogP contribution in [0.1, 0.15) is 22.3 Å². The Morgan fingerprint density at radius 3 is 2.12 bits per heavy atom. The van der Waals surface area contributed by atoms with Gasteiger partial charge in [-0.3, -0.25) is 14.4 Å². The Hall–Kier alpha value is -5.91. The van der Waals surface area contributed by atoms with Crippen LogP contribution in [-0.4, -0.2) is 62.2 Å². The van der Waals surface area contributed by atoms with Gasteiger partial charge >= 0.3 is 0 Å². The Morgan fingerprint density at radius 1 is 0.812 bits per heavy atom. The third-order valence-corrected chi connectivity index (χ3v) is 8.10. The number of hydrogen-bond acceptors (Lipinski definition) is 6. The molecule has 1 fully saturated rings. The number of aromatic nitrogens is 3. The summed E-state index contributed by atoms with van der Waals surface area (Å²) in [5, 5.41) is 15.2. The van der Waals surface area contributed by atoms with Crippen molar-refractivity contribution in [2.24, 2.45) is 0 Å². The van der Waals surface area contributed by atoms with Gasteiger partial charge in [0.25, 0.3) is 11.5 Å². The van der Waals surface area contributed by atoms with E-state index in [1.807, 2.05) is 42.6 Å². The van der Waals surface area contributed by atoms with Gasteiger partial charge < -0.3 is 19.5 Å². The summed E-state index contributed by atoms with van der Waals surface area (Å²) < 4.78 is 44.4. The second-order valence-corrected chi connectivity index (χ2v) is 11.4. The summed E-state index contributed by atoms with van der Waals surface area (Å²) >= 11 is 0. The number of piperazine rings is 1. The maximum absolute atomic E-state index is 13.9. The highest BCUT2D eigenvalue weighted by Crippen LogP contribution is 2.21. The smallest absolute Gasteiger partial charge is 0.294 e. The predicted molar refractivity (Wildman–Crippen MR) is 173 cm³/mol. The van der Waals surface area contributed by atoms with Crippen LogP contribution < -0.4 is 10.5 Å². The molecule has 1 saturated heterocycles. The van der Waals surface area contributed by atoms with Crippen LogP contribution in [0.4, 0.5) is 18.9 Å². The molecule has 244 valence electrons. The van der Waals surface area contributed by atoms with Crippen molar-refractivity contribution in [2.75, 3.05) is 31.1 Å². The molecule has 0 radical (unpaired) electrons. The summed E-state index contributed by atoms with van der Waals surface area (Å²) in [6, 6.07) is 21.6. The molecule has 48 heavy (non-hydrogen) atoms. The van der Waals surface area contributed by atoms with Gasteiger partial charge in [0, 0.05) is 56.5 Å². The lowest BCUT2D eigenvalue weighted by Crippen LogP contribution is -2.50. The molecular formula is C36H30F3N5O4. The van der Waals surface area contributed by atoms with Gasteiger partial charge in [0.1, 0.15) is 5.76 Å². The summed E-state index contributed by atoms with van der Waals surface area (Å²) in [5.41, 5.74) is 2.12. The number of hydrogen-bond donors (Lipinski definition) is 1. The predicted octanol–water partition coefficient (Wildman–Crippen LogP) is 4.91. The molecule has 3 heterocycles. The lowest BCUT2D eigenvalue weighted by atomic mass is 10.0. The number of ketones is 1. The van der Waals surface area contributed by atoms with Gasteiger partial charge in [0.15, 0.2) is 17.5 Å². The summed E-state index contributed by atoms with van der Waals surface area (Å²) in [5.74, 6) is -6.88. The molecule has 12 heteroatoms. The van der Waals surface area contributed by atoms with E-state index in [1.54, 1.807) is 35.1 Å². The van der Waals surface area contributed by atoms with E-state index in [1.165, 1.54) is 21.7 Å². The fraction of sp³-hybridized carbons (Fsp3) is 0.167. The molecule has 5 aromatic rings. The molecule has 0 saturated carbocycles. The van der Waals surface area contributed by atoms with Crippen LogP contribution in [0.3, 0.4) is 0 Å². The molecule has 0 aliphatic carbocycles. The van der Waals surface area contributed by atoms with E-state index >= 15 is 0 Å². The van der Waals surface area contributed by atoms with Crippen LogP contribution in [0.15, 0.2) is 108 Å². The Morgan fingerprint density at radius 2 is 1.48 bits per heavy atom. The second kappa shape index (κ2) is 13.8. The maximum Gasteiger partial charge on any atom is 0.294 e. The van der Waals surface area contributed by atoms with Crippen LogP contribution in [0.25, 0.3) is 11.4 Å². The molecule has 1 amide bonds. The van der Waals surface area contributed by atoms with Gasteiger partial charge in [0.05, 0.1) is 17.8 Å². The van der Waals surface area contributed by atoms with Crippen molar-refractivity contribution in [1.29, 1.82) is 0 Å². The minimum Gasteiger partial charge on any atom is -0.507 e. The van der Waals surface area contributed by atoms with Crippen LogP contribution in [0.2, 0.25) is 0 Å². The zero-order valence-electron chi connectivity index (χ0n) is 25.6. The Balaban J connectivity index is 1.19. The standard InChI is InChI=1S/C36H30F3N5O4/c37-30-19-25(20-31(38)34(30)39)17-26-18-29(35(47)43(23-26)22-24-5-2-1-3-6-24)32(45)21-33(46)36(48)42-15-13-41(14-16-42)27-7-9-28(10-8-27)44-12-4-11-40-44/h1-12,18-21,23,45H,13-17,22H2/b32-21+. The molecule has 0 atom stereocenters. The molecule has 6 rings (SSSR count). The zero-order chi connectivity index (χ0) is 33.8. The zero-order valence-corrected chi connectivity index (χ0v) is 25.6. The number of nitrogens with zero attached hydrogens (tertiary/aromatic N) is 5. The molecule has 1 aliphatic heterocycles. The van der Waals surface area contributed by atoms with E-state index in [0.717, 1.165) is 29.1 Å². The molecule has 3 aromatic carbocycles. The van der Waals surface area contributed by atoms with Crippen LogP contribution in [-0.2, 0) is 22.6 Å². The molecular weight excluding hydrogens is 623 g/mol. The highest BCUT2D eigenvalue weighted by molar-refractivity contribution is 6.41. The number of carbonyl (C=O) groups excluding carboxylic acids is 2. The quantitative estimate of drug-likeness (QED) is 0.105. The van der Waals surface area contributed by atoms with E-state index in [2.05, 4.69) is 10.00 Å². The molecule has 9 nitrogen and oxygen atoms in total. The van der Waals surface area contributed by atoms with Gasteiger partial charge in [0.2, 0.25) is 5.78 Å². The van der Waals surface area contributed by atoms with Crippen LogP contribution in [0.5, 0.6) is 0 Å². The van der Waals surface area contributed by atoms with Gasteiger partial charge in [-0.25, -0.2) is 17.9 Å². The molecule has 0 spiro atoms. The monoisotopic (exact) mass is 653 g/mol. The SMILES string of the molecule is O=C(/C=C(/O)c1cc(Cc2cc(F)c(F)c(F)c2)cn(Cc2ccccc2)c1=O)C(=O)N1CCN(c2ccc(-n3cccn3)cc2)CC1. The number of benzene rings is 3. The van der Waals surface area contributed by atoms with Crippen molar-refractivity contribution in [1.82, 2.24) is 19.2 Å². The normalized spacial score (nSPS) is 13.5. The lowest BCUT2D eigenvalue weighted by Gasteiger charge is -2.35. The maximum atomic E-state index is 13.9. The molecule has 2 aromatic heterocycles.